The van der Waals surface area contributed by atoms with Crippen molar-refractivity contribution in [2.45, 2.75) is 4.90 Å². The minimum atomic E-state index is -3.98. The molecule has 1 rings (SSSR count). The summed E-state index contributed by atoms with van der Waals surface area (Å²) in [5.41, 5.74) is -0.177. The molecule has 0 saturated carbocycles. The van der Waals surface area contributed by atoms with E-state index in [0.29, 0.717) is 0 Å². The lowest BCUT2D eigenvalue weighted by Crippen LogP contribution is -2.37. The van der Waals surface area contributed by atoms with E-state index in [0.717, 1.165) is 24.3 Å². The molecule has 0 aliphatic carbocycles. The van der Waals surface area contributed by atoms with Crippen molar-refractivity contribution < 1.29 is 28.2 Å². The van der Waals surface area contributed by atoms with Crippen LogP contribution in [0.1, 0.15) is 10.4 Å². The van der Waals surface area contributed by atoms with E-state index >= 15 is 0 Å². The van der Waals surface area contributed by atoms with Gasteiger partial charge in [0.05, 0.1) is 23.4 Å². The number of nitrogens with one attached hydrogen (secondary N) is 1. The van der Waals surface area contributed by atoms with Crippen molar-refractivity contribution in [3.05, 3.63) is 29.8 Å². The number of aliphatic carboxylic acids is 1. The van der Waals surface area contributed by atoms with E-state index in [2.05, 4.69) is 0 Å². The van der Waals surface area contributed by atoms with E-state index in [9.17, 15) is 28.2 Å². The predicted octanol–water partition coefficient (Wildman–Crippen LogP) is -2.92. The molecular weight excluding hydrogens is 250 g/mol. The quantitative estimate of drug-likeness (QED) is 0.602. The zero-order valence-electron chi connectivity index (χ0n) is 8.37. The molecule has 0 bridgehead atoms. The highest BCUT2D eigenvalue weighted by molar-refractivity contribution is 7.89. The standard InChI is InChI=1S/C9H9NO6S/c11-8(12)5-10-17(15,16)7-3-1-6(2-4-7)9(13)14/h1-4,10H,5H2,(H,11,12)(H,13,14)/p-2. The third kappa shape index (κ3) is 3.54. The van der Waals surface area contributed by atoms with E-state index < -0.39 is 28.5 Å². The maximum Gasteiger partial charge on any atom is 0.240 e. The normalized spacial score (nSPS) is 11.1. The van der Waals surface area contributed by atoms with Crippen molar-refractivity contribution >= 4 is 22.0 Å². The molecule has 0 fully saturated rings. The molecule has 0 spiro atoms. The molecule has 92 valence electrons. The molecule has 0 aliphatic heterocycles. The van der Waals surface area contributed by atoms with Crippen molar-refractivity contribution in [2.24, 2.45) is 0 Å². The zero-order chi connectivity index (χ0) is 13.1. The minimum Gasteiger partial charge on any atom is -0.549 e. The van der Waals surface area contributed by atoms with Crippen LogP contribution in [0.15, 0.2) is 29.2 Å². The van der Waals surface area contributed by atoms with Gasteiger partial charge in [-0.05, 0) is 17.7 Å². The molecule has 0 atom stereocenters. The number of benzene rings is 1. The van der Waals surface area contributed by atoms with E-state index in [1.807, 2.05) is 0 Å². The Hall–Kier alpha value is -1.93. The first-order valence-electron chi connectivity index (χ1n) is 4.34. The number of carbonyl (C=O) groups excluding carboxylic acids is 2. The fraction of sp³-hybridized carbons (Fsp3) is 0.111. The van der Waals surface area contributed by atoms with Gasteiger partial charge in [-0.15, -0.1) is 0 Å². The van der Waals surface area contributed by atoms with Gasteiger partial charge in [-0.1, -0.05) is 12.1 Å². The van der Waals surface area contributed by atoms with Gasteiger partial charge in [-0.3, -0.25) is 0 Å². The van der Waals surface area contributed by atoms with Crippen LogP contribution in [0.5, 0.6) is 0 Å². The maximum absolute atomic E-state index is 11.5. The number of carboxylic acids is 2. The van der Waals surface area contributed by atoms with Gasteiger partial charge in [0.25, 0.3) is 0 Å². The molecule has 7 nitrogen and oxygen atoms in total. The Kier molecular flexibility index (Phi) is 3.81. The summed E-state index contributed by atoms with van der Waals surface area (Å²) in [5, 5.41) is 20.5. The summed E-state index contributed by atoms with van der Waals surface area (Å²) in [4.78, 5) is 20.3. The van der Waals surface area contributed by atoms with Crippen LogP contribution in [0.3, 0.4) is 0 Å². The van der Waals surface area contributed by atoms with Crippen LogP contribution in [0.2, 0.25) is 0 Å². The number of rotatable bonds is 5. The van der Waals surface area contributed by atoms with E-state index in [4.69, 9.17) is 0 Å². The number of hydrogen-bond acceptors (Lipinski definition) is 6. The summed E-state index contributed by atoms with van der Waals surface area (Å²) in [5.74, 6) is -3.00. The van der Waals surface area contributed by atoms with Gasteiger partial charge < -0.3 is 19.8 Å². The Labute approximate surface area is 96.7 Å². The largest absolute Gasteiger partial charge is 0.549 e. The summed E-state index contributed by atoms with van der Waals surface area (Å²) in [6, 6.07) is 4.15. The molecule has 8 heteroatoms. The number of sulfonamides is 1. The van der Waals surface area contributed by atoms with Crippen molar-refractivity contribution in [3.63, 3.8) is 0 Å². The SMILES string of the molecule is O=C([O-])CNS(=O)(=O)c1ccc(C(=O)[O-])cc1. The lowest BCUT2D eigenvalue weighted by molar-refractivity contribution is -0.303. The van der Waals surface area contributed by atoms with Crippen molar-refractivity contribution in [1.29, 1.82) is 0 Å². The first-order valence-corrected chi connectivity index (χ1v) is 5.82. The minimum absolute atomic E-state index is 0.177. The summed E-state index contributed by atoms with van der Waals surface area (Å²) in [6.45, 7) is -0.857. The molecule has 1 aromatic rings. The second-order valence-corrected chi connectivity index (χ2v) is 4.78. The fourth-order valence-corrected chi connectivity index (χ4v) is 1.98. The van der Waals surface area contributed by atoms with Crippen LogP contribution in [0.25, 0.3) is 0 Å². The second-order valence-electron chi connectivity index (χ2n) is 3.01. The average Bonchev–Trinajstić information content (AvgIpc) is 2.27. The highest BCUT2D eigenvalue weighted by atomic mass is 32.2. The summed E-state index contributed by atoms with van der Waals surface area (Å²) < 4.78 is 24.7. The van der Waals surface area contributed by atoms with Crippen LogP contribution in [0.4, 0.5) is 0 Å². The highest BCUT2D eigenvalue weighted by Gasteiger charge is 2.12. The van der Waals surface area contributed by atoms with Crippen LogP contribution < -0.4 is 14.9 Å². The van der Waals surface area contributed by atoms with Crippen LogP contribution >= 0.6 is 0 Å². The monoisotopic (exact) mass is 257 g/mol. The van der Waals surface area contributed by atoms with Gasteiger partial charge >= 0.3 is 0 Å². The van der Waals surface area contributed by atoms with Crippen LogP contribution in [-0.2, 0) is 14.8 Å². The predicted molar refractivity (Wildman–Crippen MR) is 51.0 cm³/mol. The van der Waals surface area contributed by atoms with E-state index in [1.165, 1.54) is 0 Å². The molecule has 0 aliphatic rings. The molecular formula is C9H7NO6S-2. The van der Waals surface area contributed by atoms with Crippen LogP contribution in [0, 0.1) is 0 Å². The molecule has 0 unspecified atom stereocenters. The maximum atomic E-state index is 11.5. The number of aromatic carboxylic acids is 1. The summed E-state index contributed by atoms with van der Waals surface area (Å²) >= 11 is 0. The molecule has 0 saturated heterocycles. The Morgan fingerprint density at radius 1 is 1.12 bits per heavy atom. The van der Waals surface area contributed by atoms with Crippen molar-refractivity contribution in [3.8, 4) is 0 Å². The molecule has 0 radical (unpaired) electrons. The Bertz CT molecular complexity index is 533. The van der Waals surface area contributed by atoms with Gasteiger partial charge in [0.15, 0.2) is 0 Å². The molecule has 0 aromatic heterocycles. The summed E-state index contributed by atoms with van der Waals surface area (Å²) in [6.07, 6.45) is 0. The third-order valence-electron chi connectivity index (χ3n) is 1.81. The smallest absolute Gasteiger partial charge is 0.240 e. The first-order chi connectivity index (χ1) is 7.83. The fourth-order valence-electron chi connectivity index (χ4n) is 1.01. The topological polar surface area (TPSA) is 126 Å². The van der Waals surface area contributed by atoms with Crippen molar-refractivity contribution in [2.75, 3.05) is 6.54 Å². The van der Waals surface area contributed by atoms with Gasteiger partial charge in [-0.25, -0.2) is 13.1 Å². The molecule has 0 heterocycles. The van der Waals surface area contributed by atoms with Crippen molar-refractivity contribution in [1.82, 2.24) is 4.72 Å². The lowest BCUT2D eigenvalue weighted by Gasteiger charge is -2.08. The number of carboxylic acid groups (broad SMARTS) is 2. The highest BCUT2D eigenvalue weighted by Crippen LogP contribution is 2.09. The number of hydrogen-bond donors (Lipinski definition) is 1. The van der Waals surface area contributed by atoms with Gasteiger partial charge in [0, 0.05) is 0 Å². The van der Waals surface area contributed by atoms with Crippen LogP contribution in [-0.4, -0.2) is 26.9 Å². The summed E-state index contributed by atoms with van der Waals surface area (Å²) in [7, 11) is -3.98. The first kappa shape index (κ1) is 13.1. The molecule has 17 heavy (non-hydrogen) atoms. The van der Waals surface area contributed by atoms with Gasteiger partial charge in [0.2, 0.25) is 10.0 Å². The Morgan fingerprint density at radius 2 is 1.65 bits per heavy atom. The van der Waals surface area contributed by atoms with E-state index in [1.54, 1.807) is 4.72 Å². The van der Waals surface area contributed by atoms with E-state index in [-0.39, 0.29) is 10.5 Å². The zero-order valence-corrected chi connectivity index (χ0v) is 9.19. The second kappa shape index (κ2) is 4.93. The molecule has 1 aromatic carbocycles. The Morgan fingerprint density at radius 3 is 2.06 bits per heavy atom. The van der Waals surface area contributed by atoms with Gasteiger partial charge in [0.1, 0.15) is 0 Å². The molecule has 1 N–H and O–H groups in total. The molecule has 0 amide bonds. The van der Waals surface area contributed by atoms with Gasteiger partial charge in [-0.2, -0.15) is 0 Å². The third-order valence-corrected chi connectivity index (χ3v) is 3.22. The number of carbonyl (C=O) groups is 2. The lowest BCUT2D eigenvalue weighted by atomic mass is 10.2. The average molecular weight is 257 g/mol. The Balaban J connectivity index is 2.92.